The molecule has 0 aromatic heterocycles. The first-order valence-electron chi connectivity index (χ1n) is 6.86. The summed E-state index contributed by atoms with van der Waals surface area (Å²) in [6.45, 7) is 12.7. The van der Waals surface area contributed by atoms with Gasteiger partial charge >= 0.3 is 0 Å². The Kier molecular flexibility index (Phi) is 5.53. The van der Waals surface area contributed by atoms with Crippen LogP contribution in [0.3, 0.4) is 0 Å². The highest BCUT2D eigenvalue weighted by molar-refractivity contribution is 6.95. The molecule has 0 radical (unpaired) electrons. The Labute approximate surface area is 117 Å². The lowest BCUT2D eigenvalue weighted by Crippen LogP contribution is -2.47. The summed E-state index contributed by atoms with van der Waals surface area (Å²) >= 11 is 0. The van der Waals surface area contributed by atoms with Crippen molar-refractivity contribution in [1.29, 1.82) is 0 Å². The summed E-state index contributed by atoms with van der Waals surface area (Å²) in [4.78, 5) is 0. The molecular weight excluding hydrogens is 252 g/mol. The van der Waals surface area contributed by atoms with Crippen molar-refractivity contribution in [2.75, 3.05) is 6.61 Å². The summed E-state index contributed by atoms with van der Waals surface area (Å²) in [7, 11) is -1.80. The van der Waals surface area contributed by atoms with E-state index < -0.39 is 14.2 Å². The van der Waals surface area contributed by atoms with E-state index in [4.69, 9.17) is 0 Å². The van der Waals surface area contributed by atoms with Gasteiger partial charge in [0.05, 0.1) is 6.10 Å². The molecule has 0 amide bonds. The van der Waals surface area contributed by atoms with E-state index >= 15 is 0 Å². The van der Waals surface area contributed by atoms with E-state index in [0.29, 0.717) is 0 Å². The molecule has 0 aliphatic heterocycles. The number of hydrogen-bond donors (Lipinski definition) is 2. The topological polar surface area (TPSA) is 40.5 Å². The third kappa shape index (κ3) is 3.56. The Hall–Kier alpha value is -0.903. The van der Waals surface area contributed by atoms with E-state index in [-0.39, 0.29) is 18.4 Å². The van der Waals surface area contributed by atoms with Crippen molar-refractivity contribution < 1.29 is 10.2 Å². The van der Waals surface area contributed by atoms with Crippen molar-refractivity contribution in [1.82, 2.24) is 0 Å². The van der Waals surface area contributed by atoms with Crippen molar-refractivity contribution in [3.63, 3.8) is 0 Å². The molecule has 0 saturated carbocycles. The monoisotopic (exact) mass is 278 g/mol. The van der Waals surface area contributed by atoms with Crippen LogP contribution in [0.5, 0.6) is 0 Å². The van der Waals surface area contributed by atoms with Crippen LogP contribution >= 0.6 is 0 Å². The average molecular weight is 278 g/mol. The van der Waals surface area contributed by atoms with Gasteiger partial charge in [0.15, 0.2) is 0 Å². The summed E-state index contributed by atoms with van der Waals surface area (Å²) in [6.07, 6.45) is -0.534. The lowest BCUT2D eigenvalue weighted by Gasteiger charge is -2.34. The van der Waals surface area contributed by atoms with Crippen molar-refractivity contribution in [2.24, 2.45) is 11.8 Å². The lowest BCUT2D eigenvalue weighted by atomic mass is 9.94. The van der Waals surface area contributed by atoms with Crippen molar-refractivity contribution in [2.45, 2.75) is 33.0 Å². The molecule has 2 N–H and O–H groups in total. The van der Waals surface area contributed by atoms with Crippen LogP contribution in [-0.4, -0.2) is 31.0 Å². The van der Waals surface area contributed by atoms with Crippen LogP contribution in [0.4, 0.5) is 0 Å². The van der Waals surface area contributed by atoms with Crippen LogP contribution in [0.25, 0.3) is 0 Å². The molecular formula is C16H26O2Si. The predicted octanol–water partition coefficient (Wildman–Crippen LogP) is 2.32. The van der Waals surface area contributed by atoms with Gasteiger partial charge in [-0.05, 0) is 5.92 Å². The van der Waals surface area contributed by atoms with Crippen molar-refractivity contribution in [3.05, 3.63) is 42.1 Å². The molecule has 1 aromatic rings. The fourth-order valence-electron chi connectivity index (χ4n) is 2.42. The molecule has 3 heteroatoms. The normalized spacial score (nSPS) is 16.7. The van der Waals surface area contributed by atoms with E-state index in [0.717, 1.165) is 5.20 Å². The van der Waals surface area contributed by atoms with Gasteiger partial charge in [-0.2, -0.15) is 0 Å². The molecule has 0 fully saturated rings. The second kappa shape index (κ2) is 6.50. The van der Waals surface area contributed by atoms with Crippen molar-refractivity contribution in [3.8, 4) is 0 Å². The minimum atomic E-state index is -1.80. The minimum absolute atomic E-state index is 0.00372. The summed E-state index contributed by atoms with van der Waals surface area (Å²) in [5.41, 5.74) is 0. The zero-order chi connectivity index (χ0) is 14.6. The Morgan fingerprint density at radius 1 is 1.21 bits per heavy atom. The molecule has 3 atom stereocenters. The van der Waals surface area contributed by atoms with Gasteiger partial charge in [0.25, 0.3) is 0 Å². The minimum Gasteiger partial charge on any atom is -0.396 e. The molecule has 0 aliphatic rings. The molecule has 0 bridgehead atoms. The Morgan fingerprint density at radius 2 is 1.74 bits per heavy atom. The summed E-state index contributed by atoms with van der Waals surface area (Å²) in [5.74, 6) is -0.114. The molecule has 2 nitrogen and oxygen atoms in total. The third-order valence-electron chi connectivity index (χ3n) is 4.23. The summed E-state index contributed by atoms with van der Waals surface area (Å²) in [6, 6.07) is 10.4. The average Bonchev–Trinajstić information content (AvgIpc) is 2.44. The number of aliphatic hydroxyl groups is 2. The maximum atomic E-state index is 10.3. The quantitative estimate of drug-likeness (QED) is 0.784. The van der Waals surface area contributed by atoms with Gasteiger partial charge < -0.3 is 10.2 Å². The number of rotatable bonds is 6. The summed E-state index contributed by atoms with van der Waals surface area (Å²) in [5, 5.41) is 21.9. The molecule has 0 aliphatic carbocycles. The van der Waals surface area contributed by atoms with Crippen molar-refractivity contribution >= 4 is 13.3 Å². The van der Waals surface area contributed by atoms with Gasteiger partial charge in [0, 0.05) is 12.5 Å². The van der Waals surface area contributed by atoms with Crippen LogP contribution in [0.2, 0.25) is 13.1 Å². The van der Waals surface area contributed by atoms with E-state index in [2.05, 4.69) is 43.9 Å². The zero-order valence-electron chi connectivity index (χ0n) is 12.4. The van der Waals surface area contributed by atoms with Gasteiger partial charge in [0.1, 0.15) is 8.07 Å². The first-order valence-corrected chi connectivity index (χ1v) is 9.86. The largest absolute Gasteiger partial charge is 0.396 e. The maximum absolute atomic E-state index is 10.3. The molecule has 0 unspecified atom stereocenters. The van der Waals surface area contributed by atoms with Gasteiger partial charge in [-0.3, -0.25) is 0 Å². The van der Waals surface area contributed by atoms with Gasteiger partial charge in [-0.15, -0.1) is 6.58 Å². The molecule has 0 spiro atoms. The van der Waals surface area contributed by atoms with E-state index in [1.165, 1.54) is 5.19 Å². The predicted molar refractivity (Wildman–Crippen MR) is 84.1 cm³/mol. The number of aliphatic hydroxyl groups excluding tert-OH is 2. The highest BCUT2D eigenvalue weighted by Crippen LogP contribution is 2.26. The highest BCUT2D eigenvalue weighted by Gasteiger charge is 2.34. The Balaban J connectivity index is 2.93. The fraction of sp³-hybridized carbons (Fsp3) is 0.500. The molecule has 19 heavy (non-hydrogen) atoms. The second-order valence-corrected chi connectivity index (χ2v) is 10.4. The molecule has 0 saturated heterocycles. The van der Waals surface area contributed by atoms with Crippen LogP contribution in [0.15, 0.2) is 42.1 Å². The first-order chi connectivity index (χ1) is 8.82. The van der Waals surface area contributed by atoms with E-state index in [1.54, 1.807) is 0 Å². The van der Waals surface area contributed by atoms with Gasteiger partial charge in [-0.1, -0.05) is 67.7 Å². The van der Waals surface area contributed by atoms with Crippen LogP contribution in [0.1, 0.15) is 13.8 Å². The fourth-order valence-corrected chi connectivity index (χ4v) is 5.12. The highest BCUT2D eigenvalue weighted by atomic mass is 28.3. The molecule has 1 rings (SSSR count). The van der Waals surface area contributed by atoms with Crippen LogP contribution in [0, 0.1) is 11.8 Å². The molecule has 0 heterocycles. The summed E-state index contributed by atoms with van der Waals surface area (Å²) < 4.78 is 0. The standard InChI is InChI=1S/C16H26O2Si/c1-12(11-17)16(18)13(2)14(3)19(4,5)15-9-7-6-8-10-15/h6-10,12-13,16-18H,3,11H2,1-2,4-5H3/t12-,13-,16-/m0/s1. The maximum Gasteiger partial charge on any atom is 0.107 e. The lowest BCUT2D eigenvalue weighted by molar-refractivity contribution is 0.0498. The van der Waals surface area contributed by atoms with Crippen LogP contribution in [-0.2, 0) is 0 Å². The van der Waals surface area contributed by atoms with Gasteiger partial charge in [0.2, 0.25) is 0 Å². The zero-order valence-corrected chi connectivity index (χ0v) is 13.4. The van der Waals surface area contributed by atoms with E-state index in [1.807, 2.05) is 19.9 Å². The SMILES string of the molecule is C=C([C@H](C)[C@@H](O)[C@@H](C)CO)[Si](C)(C)c1ccccc1. The molecule has 1 aromatic carbocycles. The van der Waals surface area contributed by atoms with Crippen LogP contribution < -0.4 is 5.19 Å². The first kappa shape index (κ1) is 16.2. The van der Waals surface area contributed by atoms with E-state index in [9.17, 15) is 10.2 Å². The smallest absolute Gasteiger partial charge is 0.107 e. The Morgan fingerprint density at radius 3 is 2.21 bits per heavy atom. The Bertz CT molecular complexity index is 414. The number of benzene rings is 1. The molecule has 106 valence electrons. The third-order valence-corrected chi connectivity index (χ3v) is 8.07. The second-order valence-electron chi connectivity index (χ2n) is 5.96. The number of hydrogen-bond acceptors (Lipinski definition) is 2. The van der Waals surface area contributed by atoms with Gasteiger partial charge in [-0.25, -0.2) is 0 Å².